The number of amides is 1. The zero-order chi connectivity index (χ0) is 20.2. The molecule has 2 aromatic carbocycles. The Morgan fingerprint density at radius 1 is 1.10 bits per heavy atom. The SMILES string of the molecule is CC(OC1(C(=O)N2CCN(C3CC3)c3ccccc32)CC1)c1cc(Cl)ccc1Cl. The maximum absolute atomic E-state index is 13.6. The van der Waals surface area contributed by atoms with Gasteiger partial charge in [-0.05, 0) is 62.9 Å². The number of rotatable bonds is 5. The number of halogens is 2. The standard InChI is InChI=1S/C23H24Cl2N2O2/c1-15(18-14-16(24)6-9-19(18)25)29-23(10-11-23)22(28)27-13-12-26(17-7-8-17)20-4-2-3-5-21(20)27/h2-6,9,14-15,17H,7-8,10-13H2,1H3. The molecule has 0 aromatic heterocycles. The van der Waals surface area contributed by atoms with Gasteiger partial charge in [-0.25, -0.2) is 0 Å². The molecule has 0 radical (unpaired) electrons. The third-order valence-corrected chi connectivity index (χ3v) is 6.75. The molecule has 3 aliphatic rings. The van der Waals surface area contributed by atoms with Crippen LogP contribution in [-0.4, -0.2) is 30.6 Å². The number of carbonyl (C=O) groups is 1. The number of para-hydroxylation sites is 2. The van der Waals surface area contributed by atoms with Crippen molar-refractivity contribution in [3.8, 4) is 0 Å². The molecule has 152 valence electrons. The van der Waals surface area contributed by atoms with Crippen LogP contribution in [0.25, 0.3) is 0 Å². The number of hydrogen-bond acceptors (Lipinski definition) is 3. The van der Waals surface area contributed by atoms with E-state index in [1.165, 1.54) is 12.8 Å². The van der Waals surface area contributed by atoms with Crippen LogP contribution in [0.4, 0.5) is 11.4 Å². The Morgan fingerprint density at radius 2 is 1.83 bits per heavy atom. The van der Waals surface area contributed by atoms with Gasteiger partial charge in [-0.1, -0.05) is 35.3 Å². The average Bonchev–Trinajstić information content (AvgIpc) is 3.64. The number of ether oxygens (including phenoxy) is 1. The molecule has 0 N–H and O–H groups in total. The maximum Gasteiger partial charge on any atom is 0.259 e. The number of hydrogen-bond donors (Lipinski definition) is 0. The van der Waals surface area contributed by atoms with Gasteiger partial charge in [0.15, 0.2) is 0 Å². The van der Waals surface area contributed by atoms with Crippen LogP contribution in [0, 0.1) is 0 Å². The van der Waals surface area contributed by atoms with Crippen LogP contribution in [0.3, 0.4) is 0 Å². The number of fused-ring (bicyclic) bond motifs is 1. The van der Waals surface area contributed by atoms with Gasteiger partial charge >= 0.3 is 0 Å². The second-order valence-electron chi connectivity index (χ2n) is 8.29. The van der Waals surface area contributed by atoms with E-state index in [4.69, 9.17) is 27.9 Å². The predicted octanol–water partition coefficient (Wildman–Crippen LogP) is 5.62. The highest BCUT2D eigenvalue weighted by Crippen LogP contribution is 2.48. The topological polar surface area (TPSA) is 32.8 Å². The molecule has 1 atom stereocenters. The summed E-state index contributed by atoms with van der Waals surface area (Å²) in [5.74, 6) is 0.0606. The van der Waals surface area contributed by atoms with Crippen molar-refractivity contribution in [2.45, 2.75) is 50.4 Å². The minimum atomic E-state index is -0.764. The van der Waals surface area contributed by atoms with Gasteiger partial charge in [-0.15, -0.1) is 0 Å². The molecule has 6 heteroatoms. The second-order valence-corrected chi connectivity index (χ2v) is 9.13. The molecular weight excluding hydrogens is 407 g/mol. The largest absolute Gasteiger partial charge is 0.365 e. The van der Waals surface area contributed by atoms with Crippen molar-refractivity contribution in [2.24, 2.45) is 0 Å². The predicted molar refractivity (Wildman–Crippen MR) is 117 cm³/mol. The van der Waals surface area contributed by atoms with Crippen molar-refractivity contribution in [1.29, 1.82) is 0 Å². The summed E-state index contributed by atoms with van der Waals surface area (Å²) < 4.78 is 6.34. The van der Waals surface area contributed by atoms with Crippen LogP contribution >= 0.6 is 23.2 Å². The van der Waals surface area contributed by atoms with E-state index in [0.717, 1.165) is 36.3 Å². The van der Waals surface area contributed by atoms with E-state index in [1.54, 1.807) is 12.1 Å². The highest BCUT2D eigenvalue weighted by Gasteiger charge is 2.55. The van der Waals surface area contributed by atoms with Gasteiger partial charge in [0.25, 0.3) is 5.91 Å². The van der Waals surface area contributed by atoms with Crippen LogP contribution in [0.15, 0.2) is 42.5 Å². The lowest BCUT2D eigenvalue weighted by molar-refractivity contribution is -0.137. The Hall–Kier alpha value is -1.75. The van der Waals surface area contributed by atoms with Crippen LogP contribution in [0.1, 0.15) is 44.3 Å². The Morgan fingerprint density at radius 3 is 2.52 bits per heavy atom. The molecule has 1 aliphatic heterocycles. The highest BCUT2D eigenvalue weighted by molar-refractivity contribution is 6.33. The molecule has 5 rings (SSSR count). The molecule has 1 heterocycles. The molecule has 0 bridgehead atoms. The first-order chi connectivity index (χ1) is 14.0. The van der Waals surface area contributed by atoms with Crippen molar-refractivity contribution in [2.75, 3.05) is 22.9 Å². The normalized spacial score (nSPS) is 20.9. The molecule has 0 saturated heterocycles. The van der Waals surface area contributed by atoms with E-state index < -0.39 is 5.60 Å². The molecule has 4 nitrogen and oxygen atoms in total. The summed E-state index contributed by atoms with van der Waals surface area (Å²) >= 11 is 12.5. The van der Waals surface area contributed by atoms with Gasteiger partial charge in [0.2, 0.25) is 0 Å². The van der Waals surface area contributed by atoms with Gasteiger partial charge in [0, 0.05) is 34.7 Å². The highest BCUT2D eigenvalue weighted by atomic mass is 35.5. The molecule has 1 unspecified atom stereocenters. The van der Waals surface area contributed by atoms with Gasteiger partial charge in [-0.3, -0.25) is 4.79 Å². The smallest absolute Gasteiger partial charge is 0.259 e. The summed E-state index contributed by atoms with van der Waals surface area (Å²) in [7, 11) is 0. The Kier molecular flexibility index (Phi) is 4.77. The molecule has 2 aromatic rings. The summed E-state index contributed by atoms with van der Waals surface area (Å²) in [6.07, 6.45) is 3.65. The van der Waals surface area contributed by atoms with Gasteiger partial charge in [-0.2, -0.15) is 0 Å². The van der Waals surface area contributed by atoms with E-state index in [2.05, 4.69) is 23.1 Å². The van der Waals surface area contributed by atoms with Crippen LogP contribution in [0.2, 0.25) is 10.0 Å². The average molecular weight is 431 g/mol. The Labute approximate surface area is 181 Å². The fourth-order valence-electron chi connectivity index (χ4n) is 4.33. The summed E-state index contributed by atoms with van der Waals surface area (Å²) in [6.45, 7) is 3.51. The molecular formula is C23H24Cl2N2O2. The van der Waals surface area contributed by atoms with Crippen LogP contribution < -0.4 is 9.80 Å². The summed E-state index contributed by atoms with van der Waals surface area (Å²) in [4.78, 5) is 18.0. The zero-order valence-electron chi connectivity index (χ0n) is 16.4. The number of carbonyl (C=O) groups excluding carboxylic acids is 1. The van der Waals surface area contributed by atoms with Crippen LogP contribution in [-0.2, 0) is 9.53 Å². The quantitative estimate of drug-likeness (QED) is 0.616. The van der Waals surface area contributed by atoms with Crippen molar-refractivity contribution >= 4 is 40.5 Å². The Balaban J connectivity index is 1.39. The summed E-state index contributed by atoms with van der Waals surface area (Å²) in [5.41, 5.74) is 2.22. The molecule has 2 aliphatic carbocycles. The first kappa shape index (κ1) is 19.2. The first-order valence-electron chi connectivity index (χ1n) is 10.3. The van der Waals surface area contributed by atoms with Crippen molar-refractivity contribution in [1.82, 2.24) is 0 Å². The Bertz CT molecular complexity index is 956. The van der Waals surface area contributed by atoms with Crippen LogP contribution in [0.5, 0.6) is 0 Å². The van der Waals surface area contributed by atoms with Crippen molar-refractivity contribution < 1.29 is 9.53 Å². The molecule has 29 heavy (non-hydrogen) atoms. The fraction of sp³-hybridized carbons (Fsp3) is 0.435. The van der Waals surface area contributed by atoms with E-state index in [1.807, 2.05) is 24.0 Å². The molecule has 2 saturated carbocycles. The third kappa shape index (κ3) is 3.52. The third-order valence-electron chi connectivity index (χ3n) is 6.17. The molecule has 2 fully saturated rings. The first-order valence-corrected chi connectivity index (χ1v) is 11.0. The summed E-state index contributed by atoms with van der Waals surface area (Å²) in [5, 5.41) is 1.22. The number of benzene rings is 2. The van der Waals surface area contributed by atoms with E-state index >= 15 is 0 Å². The molecule has 0 spiro atoms. The van der Waals surface area contributed by atoms with Gasteiger partial charge < -0.3 is 14.5 Å². The second kappa shape index (κ2) is 7.19. The zero-order valence-corrected chi connectivity index (χ0v) is 17.9. The van der Waals surface area contributed by atoms with Gasteiger partial charge in [0.05, 0.1) is 17.5 Å². The summed E-state index contributed by atoms with van der Waals surface area (Å²) in [6, 6.07) is 14.2. The fourth-order valence-corrected chi connectivity index (χ4v) is 4.78. The lowest BCUT2D eigenvalue weighted by Gasteiger charge is -2.39. The minimum Gasteiger partial charge on any atom is -0.365 e. The minimum absolute atomic E-state index is 0.0606. The van der Waals surface area contributed by atoms with Gasteiger partial charge in [0.1, 0.15) is 5.60 Å². The van der Waals surface area contributed by atoms with E-state index in [-0.39, 0.29) is 12.0 Å². The molecule has 1 amide bonds. The van der Waals surface area contributed by atoms with E-state index in [9.17, 15) is 4.79 Å². The lowest BCUT2D eigenvalue weighted by atomic mass is 10.1. The number of anilines is 2. The van der Waals surface area contributed by atoms with E-state index in [0.29, 0.717) is 22.6 Å². The lowest BCUT2D eigenvalue weighted by Crippen LogP contribution is -2.50. The number of nitrogens with zero attached hydrogens (tertiary/aromatic N) is 2. The van der Waals surface area contributed by atoms with Crippen molar-refractivity contribution in [3.63, 3.8) is 0 Å². The van der Waals surface area contributed by atoms with Crippen molar-refractivity contribution in [3.05, 3.63) is 58.1 Å². The monoisotopic (exact) mass is 430 g/mol. The maximum atomic E-state index is 13.6.